The molecule has 0 fully saturated rings. The Bertz CT molecular complexity index is 3680. The van der Waals surface area contributed by atoms with Gasteiger partial charge in [0.15, 0.2) is 28.9 Å². The lowest BCUT2D eigenvalue weighted by molar-refractivity contribution is 0.103. The second-order valence-corrected chi connectivity index (χ2v) is 20.5. The fraction of sp³-hybridized carbons (Fsp3) is 0.104. The van der Waals surface area contributed by atoms with Crippen LogP contribution in [0.25, 0.3) is 0 Å². The van der Waals surface area contributed by atoms with Crippen molar-refractivity contribution in [2.75, 3.05) is 54.4 Å². The summed E-state index contributed by atoms with van der Waals surface area (Å²) in [5, 5.41) is 12.2. The zero-order chi connectivity index (χ0) is 64.2. The molecule has 4 N–H and O–H groups in total. The molecule has 0 radical (unpaired) electrons. The van der Waals surface area contributed by atoms with Crippen LogP contribution >= 0.6 is 0 Å². The zero-order valence-electron chi connectivity index (χ0n) is 51.6. The van der Waals surface area contributed by atoms with Crippen LogP contribution < -0.4 is 26.2 Å². The standard InChI is InChI=1S/C17H18N2O.C17H17NO.C16H14FNO.C16H15NO.C11H13NO/c1-19(2)16-10-6-9-15(13-16)18-12-11-17(20)14-7-4-3-5-8-14;1-13-10-14(2)12-16(11-13)18-9-8-17(19)15-6-4-3-5-7-15;1-12-9-14(17)11-15(10-12)18-8-7-16(19)13-5-3-2-4-6-13;1-13-6-5-9-15(12-13)17-11-10-16(18)14-7-3-2-4-8-14;1-12(2)9-8-11(13)10-6-4-3-5-7-10/h3-13,18H,1-2H3;3-12,18H,1-2H3;2-11,18H,1H3;2-12,17H,1H3;3-9H,1-2H3/b12-11-;9-8-;8-7-;11-10-;9-8+. The number of rotatable bonds is 20. The summed E-state index contributed by atoms with van der Waals surface area (Å²) >= 11 is 0. The highest BCUT2D eigenvalue weighted by molar-refractivity contribution is 6.06. The van der Waals surface area contributed by atoms with Crippen molar-refractivity contribution < 1.29 is 28.4 Å². The lowest BCUT2D eigenvalue weighted by Gasteiger charge is -2.13. The lowest BCUT2D eigenvalue weighted by atomic mass is 10.1. The smallest absolute Gasteiger partial charge is 0.187 e. The highest BCUT2D eigenvalue weighted by Crippen LogP contribution is 2.18. The first-order valence-electron chi connectivity index (χ1n) is 28.7. The van der Waals surface area contributed by atoms with Gasteiger partial charge in [0.2, 0.25) is 0 Å². The Balaban J connectivity index is 0.000000204. The number of halogens is 1. The first-order chi connectivity index (χ1) is 42.9. The number of hydrogen-bond acceptors (Lipinski definition) is 11. The normalized spacial score (nSPS) is 10.5. The number of allylic oxidation sites excluding steroid dienone is 5. The van der Waals surface area contributed by atoms with Crippen LogP contribution in [0.5, 0.6) is 0 Å². The van der Waals surface area contributed by atoms with E-state index in [-0.39, 0.29) is 34.7 Å². The Labute approximate surface area is 524 Å². The molecule has 0 unspecified atom stereocenters. The zero-order valence-corrected chi connectivity index (χ0v) is 51.6. The number of carbonyl (C=O) groups excluding carboxylic acids is 5. The number of ketones is 5. The summed E-state index contributed by atoms with van der Waals surface area (Å²) in [6, 6.07) is 72.7. The lowest BCUT2D eigenvalue weighted by Crippen LogP contribution is -2.08. The Kier molecular flexibility index (Phi) is 29.2. The van der Waals surface area contributed by atoms with E-state index in [0.717, 1.165) is 33.9 Å². The van der Waals surface area contributed by atoms with Gasteiger partial charge in [-0.1, -0.05) is 176 Å². The van der Waals surface area contributed by atoms with Crippen molar-refractivity contribution in [1.82, 2.24) is 4.90 Å². The maximum Gasteiger partial charge on any atom is 0.187 e. The highest BCUT2D eigenvalue weighted by Gasteiger charge is 2.04. The number of aryl methyl sites for hydroxylation is 4. The van der Waals surface area contributed by atoms with E-state index in [0.29, 0.717) is 27.9 Å². The molecule has 9 aromatic carbocycles. The van der Waals surface area contributed by atoms with Gasteiger partial charge in [-0.2, -0.15) is 0 Å². The van der Waals surface area contributed by atoms with E-state index in [9.17, 15) is 28.4 Å². The number of nitrogens with one attached hydrogen (secondary N) is 4. The molecule has 9 rings (SSSR count). The third kappa shape index (κ3) is 27.1. The molecule has 0 amide bonds. The van der Waals surface area contributed by atoms with Crippen molar-refractivity contribution in [3.63, 3.8) is 0 Å². The van der Waals surface area contributed by atoms with Gasteiger partial charge < -0.3 is 31.1 Å². The number of carbonyl (C=O) groups is 5. The molecule has 452 valence electrons. The summed E-state index contributed by atoms with van der Waals surface area (Å²) in [5.41, 5.74) is 12.5. The summed E-state index contributed by atoms with van der Waals surface area (Å²) in [6.45, 7) is 7.95. The Morgan fingerprint density at radius 1 is 0.315 bits per heavy atom. The van der Waals surface area contributed by atoms with Crippen molar-refractivity contribution in [1.29, 1.82) is 0 Å². The molecule has 12 heteroatoms. The first-order valence-corrected chi connectivity index (χ1v) is 28.7. The molecule has 0 aliphatic heterocycles. The molecule has 0 saturated carbocycles. The van der Waals surface area contributed by atoms with Crippen LogP contribution in [0.1, 0.15) is 74.0 Å². The number of anilines is 5. The van der Waals surface area contributed by atoms with Gasteiger partial charge in [0, 0.05) is 146 Å². The minimum atomic E-state index is -0.301. The number of hydrogen-bond donors (Lipinski definition) is 4. The fourth-order valence-corrected chi connectivity index (χ4v) is 8.05. The largest absolute Gasteiger partial charge is 0.383 e. The van der Waals surface area contributed by atoms with E-state index in [1.165, 1.54) is 53.3 Å². The second kappa shape index (κ2) is 37.9. The summed E-state index contributed by atoms with van der Waals surface area (Å²) in [6.07, 6.45) is 15.9. The van der Waals surface area contributed by atoms with E-state index in [2.05, 4.69) is 41.2 Å². The summed E-state index contributed by atoms with van der Waals surface area (Å²) in [5.74, 6) is -0.379. The van der Waals surface area contributed by atoms with Crippen LogP contribution in [-0.4, -0.2) is 62.0 Å². The Morgan fingerprint density at radius 3 is 0.955 bits per heavy atom. The van der Waals surface area contributed by atoms with Gasteiger partial charge in [-0.05, 0) is 111 Å². The number of benzene rings is 9. The molecule has 0 heterocycles. The van der Waals surface area contributed by atoms with E-state index in [1.54, 1.807) is 79.4 Å². The predicted octanol–water partition coefficient (Wildman–Crippen LogP) is 17.4. The van der Waals surface area contributed by atoms with Crippen LogP contribution in [0.3, 0.4) is 0 Å². The van der Waals surface area contributed by atoms with Gasteiger partial charge in [-0.15, -0.1) is 0 Å². The minimum Gasteiger partial charge on any atom is -0.383 e. The van der Waals surface area contributed by atoms with E-state index >= 15 is 0 Å². The molecule has 0 bridgehead atoms. The van der Waals surface area contributed by atoms with Crippen molar-refractivity contribution in [3.8, 4) is 0 Å². The van der Waals surface area contributed by atoms with Crippen molar-refractivity contribution in [2.45, 2.75) is 27.7 Å². The fourth-order valence-electron chi connectivity index (χ4n) is 8.05. The van der Waals surface area contributed by atoms with E-state index in [1.807, 2.05) is 228 Å². The van der Waals surface area contributed by atoms with E-state index in [4.69, 9.17) is 0 Å². The van der Waals surface area contributed by atoms with Crippen molar-refractivity contribution >= 4 is 57.4 Å². The van der Waals surface area contributed by atoms with Crippen LogP contribution in [0, 0.1) is 33.5 Å². The predicted molar refractivity (Wildman–Crippen MR) is 367 cm³/mol. The Morgan fingerprint density at radius 2 is 0.618 bits per heavy atom. The van der Waals surface area contributed by atoms with Gasteiger partial charge >= 0.3 is 0 Å². The van der Waals surface area contributed by atoms with Crippen LogP contribution in [0.4, 0.5) is 32.8 Å². The van der Waals surface area contributed by atoms with Gasteiger partial charge in [0.05, 0.1) is 0 Å². The first kappa shape index (κ1) is 68.5. The molecule has 89 heavy (non-hydrogen) atoms. The third-order valence-electron chi connectivity index (χ3n) is 12.4. The highest BCUT2D eigenvalue weighted by atomic mass is 19.1. The molecule has 0 saturated heterocycles. The molecule has 11 nitrogen and oxygen atoms in total. The monoisotopic (exact) mass is 1180 g/mol. The van der Waals surface area contributed by atoms with Gasteiger partial charge in [-0.3, -0.25) is 24.0 Å². The molecule has 0 spiro atoms. The molecule has 9 aromatic rings. The molecule has 0 aliphatic rings. The average Bonchev–Trinajstić information content (AvgIpc) is 3.75. The van der Waals surface area contributed by atoms with Crippen LogP contribution in [0.2, 0.25) is 0 Å². The summed E-state index contributed by atoms with van der Waals surface area (Å²) in [4.78, 5) is 62.6. The molecule has 0 atom stereocenters. The van der Waals surface area contributed by atoms with Crippen LogP contribution in [0.15, 0.2) is 298 Å². The molecule has 0 aromatic heterocycles. The van der Waals surface area contributed by atoms with Crippen molar-refractivity contribution in [3.05, 3.63) is 354 Å². The van der Waals surface area contributed by atoms with Crippen molar-refractivity contribution in [2.24, 2.45) is 0 Å². The number of nitrogens with zero attached hydrogens (tertiary/aromatic N) is 2. The summed E-state index contributed by atoms with van der Waals surface area (Å²) < 4.78 is 13.1. The van der Waals surface area contributed by atoms with E-state index < -0.39 is 0 Å². The Hall–Kier alpha value is -11.2. The molecular formula is C77H77FN6O5. The minimum absolute atomic E-state index is 0.00234. The van der Waals surface area contributed by atoms with Gasteiger partial charge in [-0.25, -0.2) is 4.39 Å². The summed E-state index contributed by atoms with van der Waals surface area (Å²) in [7, 11) is 7.76. The van der Waals surface area contributed by atoms with Gasteiger partial charge in [0.1, 0.15) is 5.82 Å². The van der Waals surface area contributed by atoms with Gasteiger partial charge in [0.25, 0.3) is 0 Å². The van der Waals surface area contributed by atoms with Crippen LogP contribution in [-0.2, 0) is 0 Å². The maximum atomic E-state index is 13.1. The third-order valence-corrected chi connectivity index (χ3v) is 12.4. The SMILES string of the molecule is CN(C)/C=C/C(=O)c1ccccc1.CN(C)c1cccc(N/C=C\C(=O)c2ccccc2)c1.Cc1cc(C)cc(N/C=C\C(=O)c2ccccc2)c1.Cc1cc(F)cc(N/C=C\C(=O)c2ccccc2)c1.Cc1cccc(N/C=C\C(=O)c2ccccc2)c1. The quantitative estimate of drug-likeness (QED) is 0.0428. The topological polar surface area (TPSA) is 140 Å². The maximum absolute atomic E-state index is 13.1. The molecular weight excluding hydrogens is 1110 g/mol. The molecule has 0 aliphatic carbocycles. The average molecular weight is 1190 g/mol. The second-order valence-electron chi connectivity index (χ2n) is 20.5.